The highest BCUT2D eigenvalue weighted by molar-refractivity contribution is 5.92. The molecule has 1 amide bonds. The van der Waals surface area contributed by atoms with E-state index in [1.54, 1.807) is 18.5 Å². The number of nitrogens with zero attached hydrogens (tertiary/aromatic N) is 2. The van der Waals surface area contributed by atoms with Crippen molar-refractivity contribution < 1.29 is 4.79 Å². The molecule has 1 aliphatic carbocycles. The molecule has 1 aromatic heterocycles. The molecule has 1 saturated carbocycles. The number of amides is 1. The third-order valence-corrected chi connectivity index (χ3v) is 2.96. The minimum atomic E-state index is 0.128. The lowest BCUT2D eigenvalue weighted by molar-refractivity contribution is -0.127. The zero-order valence-electron chi connectivity index (χ0n) is 11.0. The Bertz CT molecular complexity index is 421. The lowest BCUT2D eigenvalue weighted by atomic mass is 10.2. The van der Waals surface area contributed by atoms with Crippen LogP contribution in [0.2, 0.25) is 0 Å². The Morgan fingerprint density at radius 1 is 1.44 bits per heavy atom. The largest absolute Gasteiger partial charge is 0.336 e. The highest BCUT2D eigenvalue weighted by Crippen LogP contribution is 2.27. The van der Waals surface area contributed by atoms with Gasteiger partial charge in [0.2, 0.25) is 5.91 Å². The number of rotatable bonds is 5. The molecule has 1 heterocycles. The fourth-order valence-electron chi connectivity index (χ4n) is 1.94. The topological polar surface area (TPSA) is 33.2 Å². The van der Waals surface area contributed by atoms with Gasteiger partial charge in [-0.05, 0) is 42.5 Å². The van der Waals surface area contributed by atoms with E-state index in [2.05, 4.69) is 18.8 Å². The van der Waals surface area contributed by atoms with E-state index >= 15 is 0 Å². The van der Waals surface area contributed by atoms with Crippen molar-refractivity contribution in [3.8, 4) is 0 Å². The van der Waals surface area contributed by atoms with Crippen molar-refractivity contribution in [2.75, 3.05) is 6.54 Å². The molecule has 96 valence electrons. The molecule has 1 aliphatic rings. The van der Waals surface area contributed by atoms with Gasteiger partial charge in [0.05, 0.1) is 0 Å². The molecule has 1 aromatic rings. The second kappa shape index (κ2) is 5.80. The summed E-state index contributed by atoms with van der Waals surface area (Å²) in [4.78, 5) is 18.1. The normalized spacial score (nSPS) is 15.3. The highest BCUT2D eigenvalue weighted by Gasteiger charge is 2.31. The van der Waals surface area contributed by atoms with Crippen molar-refractivity contribution in [1.29, 1.82) is 0 Å². The SMILES string of the molecule is CC(C)CN(C(=O)/C=C/c1ccncc1)C1CC1. The van der Waals surface area contributed by atoms with E-state index in [4.69, 9.17) is 0 Å². The van der Waals surface area contributed by atoms with Crippen LogP contribution in [0.1, 0.15) is 32.3 Å². The lowest BCUT2D eigenvalue weighted by Crippen LogP contribution is -2.34. The van der Waals surface area contributed by atoms with Gasteiger partial charge < -0.3 is 4.90 Å². The van der Waals surface area contributed by atoms with Gasteiger partial charge in [0.25, 0.3) is 0 Å². The van der Waals surface area contributed by atoms with Gasteiger partial charge in [-0.1, -0.05) is 13.8 Å². The summed E-state index contributed by atoms with van der Waals surface area (Å²) in [6, 6.07) is 4.27. The van der Waals surface area contributed by atoms with E-state index in [-0.39, 0.29) is 5.91 Å². The second-order valence-corrected chi connectivity index (χ2v) is 5.23. The van der Waals surface area contributed by atoms with Gasteiger partial charge >= 0.3 is 0 Å². The van der Waals surface area contributed by atoms with Crippen LogP contribution in [0, 0.1) is 5.92 Å². The van der Waals surface area contributed by atoms with E-state index in [9.17, 15) is 4.79 Å². The van der Waals surface area contributed by atoms with Gasteiger partial charge in [-0.25, -0.2) is 0 Å². The Balaban J connectivity index is 1.98. The fourth-order valence-corrected chi connectivity index (χ4v) is 1.94. The zero-order valence-corrected chi connectivity index (χ0v) is 11.0. The zero-order chi connectivity index (χ0) is 13.0. The van der Waals surface area contributed by atoms with E-state index in [1.807, 2.05) is 23.1 Å². The average Bonchev–Trinajstić information content (AvgIpc) is 3.18. The quantitative estimate of drug-likeness (QED) is 0.746. The standard InChI is InChI=1S/C15H20N2O/c1-12(2)11-17(14-4-5-14)15(18)6-3-13-7-9-16-10-8-13/h3,6-10,12,14H,4-5,11H2,1-2H3/b6-3+. The third kappa shape index (κ3) is 3.69. The van der Waals surface area contributed by atoms with Crippen LogP contribution < -0.4 is 0 Å². The summed E-state index contributed by atoms with van der Waals surface area (Å²) >= 11 is 0. The van der Waals surface area contributed by atoms with Crippen molar-refractivity contribution in [1.82, 2.24) is 9.88 Å². The van der Waals surface area contributed by atoms with Crippen LogP contribution in [0.5, 0.6) is 0 Å². The number of carbonyl (C=O) groups is 1. The molecule has 0 atom stereocenters. The van der Waals surface area contributed by atoms with Crippen molar-refractivity contribution in [2.45, 2.75) is 32.7 Å². The number of hydrogen-bond acceptors (Lipinski definition) is 2. The van der Waals surface area contributed by atoms with Crippen LogP contribution in [0.15, 0.2) is 30.6 Å². The van der Waals surface area contributed by atoms with Gasteiger partial charge in [0.15, 0.2) is 0 Å². The maximum Gasteiger partial charge on any atom is 0.246 e. The molecule has 2 rings (SSSR count). The summed E-state index contributed by atoms with van der Waals surface area (Å²) in [7, 11) is 0. The summed E-state index contributed by atoms with van der Waals surface area (Å²) in [5, 5.41) is 0. The molecule has 0 saturated heterocycles. The van der Waals surface area contributed by atoms with Gasteiger partial charge in [-0.3, -0.25) is 9.78 Å². The minimum Gasteiger partial charge on any atom is -0.336 e. The predicted molar refractivity (Wildman–Crippen MR) is 72.8 cm³/mol. The Kier molecular flexibility index (Phi) is 4.13. The summed E-state index contributed by atoms with van der Waals surface area (Å²) in [6.07, 6.45) is 9.31. The van der Waals surface area contributed by atoms with Crippen LogP contribution in [-0.2, 0) is 4.79 Å². The smallest absolute Gasteiger partial charge is 0.246 e. The van der Waals surface area contributed by atoms with E-state index in [1.165, 1.54) is 0 Å². The average molecular weight is 244 g/mol. The van der Waals surface area contributed by atoms with Gasteiger partial charge in [-0.2, -0.15) is 0 Å². The van der Waals surface area contributed by atoms with Crippen molar-refractivity contribution in [3.05, 3.63) is 36.2 Å². The molecular formula is C15H20N2O. The molecule has 0 radical (unpaired) electrons. The summed E-state index contributed by atoms with van der Waals surface area (Å²) in [5.74, 6) is 0.645. The van der Waals surface area contributed by atoms with Gasteiger partial charge in [0, 0.05) is 31.1 Å². The molecule has 0 aromatic carbocycles. The Morgan fingerprint density at radius 3 is 2.67 bits per heavy atom. The lowest BCUT2D eigenvalue weighted by Gasteiger charge is -2.22. The Hall–Kier alpha value is -1.64. The molecule has 3 nitrogen and oxygen atoms in total. The monoisotopic (exact) mass is 244 g/mol. The first-order chi connectivity index (χ1) is 8.66. The van der Waals surface area contributed by atoms with Crippen LogP contribution in [-0.4, -0.2) is 28.4 Å². The molecule has 1 fully saturated rings. The molecule has 0 bridgehead atoms. The van der Waals surface area contributed by atoms with Crippen LogP contribution >= 0.6 is 0 Å². The maximum atomic E-state index is 12.2. The van der Waals surface area contributed by atoms with Crippen LogP contribution in [0.3, 0.4) is 0 Å². The second-order valence-electron chi connectivity index (χ2n) is 5.23. The third-order valence-electron chi connectivity index (χ3n) is 2.96. The molecule has 3 heteroatoms. The minimum absolute atomic E-state index is 0.128. The molecule has 0 spiro atoms. The number of hydrogen-bond donors (Lipinski definition) is 0. The van der Waals surface area contributed by atoms with Crippen LogP contribution in [0.4, 0.5) is 0 Å². The van der Waals surface area contributed by atoms with E-state index in [0.717, 1.165) is 24.9 Å². The van der Waals surface area contributed by atoms with E-state index in [0.29, 0.717) is 12.0 Å². The molecule has 18 heavy (non-hydrogen) atoms. The maximum absolute atomic E-state index is 12.2. The van der Waals surface area contributed by atoms with Crippen molar-refractivity contribution in [3.63, 3.8) is 0 Å². The van der Waals surface area contributed by atoms with Gasteiger partial charge in [0.1, 0.15) is 0 Å². The fraction of sp³-hybridized carbons (Fsp3) is 0.467. The first-order valence-corrected chi connectivity index (χ1v) is 6.55. The predicted octanol–water partition coefficient (Wildman–Crippen LogP) is 2.74. The summed E-state index contributed by atoms with van der Waals surface area (Å²) in [6.45, 7) is 5.15. The highest BCUT2D eigenvalue weighted by atomic mass is 16.2. The first kappa shape index (κ1) is 12.8. The molecular weight excluding hydrogens is 224 g/mol. The number of aromatic nitrogens is 1. The van der Waals surface area contributed by atoms with Crippen molar-refractivity contribution in [2.24, 2.45) is 5.92 Å². The molecule has 0 aliphatic heterocycles. The van der Waals surface area contributed by atoms with Gasteiger partial charge in [-0.15, -0.1) is 0 Å². The molecule has 0 N–H and O–H groups in total. The number of carbonyl (C=O) groups excluding carboxylic acids is 1. The Morgan fingerprint density at radius 2 is 2.11 bits per heavy atom. The Labute approximate surface area is 109 Å². The summed E-state index contributed by atoms with van der Waals surface area (Å²) < 4.78 is 0. The van der Waals surface area contributed by atoms with Crippen LogP contribution in [0.25, 0.3) is 6.08 Å². The first-order valence-electron chi connectivity index (χ1n) is 6.55. The number of pyridine rings is 1. The molecule has 0 unspecified atom stereocenters. The van der Waals surface area contributed by atoms with Crippen molar-refractivity contribution >= 4 is 12.0 Å². The van der Waals surface area contributed by atoms with E-state index < -0.39 is 0 Å². The summed E-state index contributed by atoms with van der Waals surface area (Å²) in [5.41, 5.74) is 1.01.